The Morgan fingerprint density at radius 3 is 2.57 bits per heavy atom. The summed E-state index contributed by atoms with van der Waals surface area (Å²) in [5.41, 5.74) is 0. The summed E-state index contributed by atoms with van der Waals surface area (Å²) in [6, 6.07) is 0. The van der Waals surface area contributed by atoms with Crippen molar-refractivity contribution in [2.45, 2.75) is 25.6 Å². The van der Waals surface area contributed by atoms with Gasteiger partial charge in [-0.2, -0.15) is 0 Å². The molecule has 0 aliphatic carbocycles. The van der Waals surface area contributed by atoms with E-state index >= 15 is 0 Å². The van der Waals surface area contributed by atoms with Gasteiger partial charge in [-0.3, -0.25) is 0 Å². The van der Waals surface area contributed by atoms with Gasteiger partial charge < -0.3 is 4.74 Å². The number of hydrogen-bond acceptors (Lipinski definition) is 1. The van der Waals surface area contributed by atoms with Crippen LogP contribution in [-0.2, 0) is 4.74 Å². The summed E-state index contributed by atoms with van der Waals surface area (Å²) in [4.78, 5) is 0. The Hall–Kier alpha value is 0.390. The van der Waals surface area contributed by atoms with Gasteiger partial charge in [-0.15, -0.1) is 9.24 Å². The minimum atomic E-state index is 0.533. The largest absolute Gasteiger partial charge is 0.375 e. The summed E-state index contributed by atoms with van der Waals surface area (Å²) in [5, 5.41) is 0. The third-order valence-electron chi connectivity index (χ3n) is 1.28. The molecule has 2 heteroatoms. The van der Waals surface area contributed by atoms with Gasteiger partial charge in [-0.1, -0.05) is 0 Å². The topological polar surface area (TPSA) is 9.23 Å². The number of hydrogen-bond donors (Lipinski definition) is 0. The molecule has 3 atom stereocenters. The Morgan fingerprint density at radius 2 is 2.43 bits per heavy atom. The van der Waals surface area contributed by atoms with Crippen molar-refractivity contribution in [3.05, 3.63) is 0 Å². The second-order valence-corrected chi connectivity index (χ2v) is 2.51. The fourth-order valence-corrected chi connectivity index (χ4v) is 1.14. The Kier molecular flexibility index (Phi) is 1.66. The normalized spacial score (nSPS) is 40.3. The molecule has 0 radical (unpaired) electrons. The van der Waals surface area contributed by atoms with E-state index in [2.05, 4.69) is 16.2 Å². The molecule has 0 aromatic rings. The molecule has 0 aromatic heterocycles. The van der Waals surface area contributed by atoms with Crippen LogP contribution in [0.3, 0.4) is 0 Å². The van der Waals surface area contributed by atoms with Crippen molar-refractivity contribution < 1.29 is 4.74 Å². The lowest BCUT2D eigenvalue weighted by atomic mass is 10.1. The summed E-state index contributed by atoms with van der Waals surface area (Å²) in [6.45, 7) is 2.11. The van der Waals surface area contributed by atoms with Crippen LogP contribution in [0, 0.1) is 0 Å². The fraction of sp³-hybridized carbons (Fsp3) is 1.00. The number of ether oxygens (including phenoxy) is 1. The molecule has 0 spiro atoms. The van der Waals surface area contributed by atoms with Crippen molar-refractivity contribution in [2.24, 2.45) is 0 Å². The molecule has 1 fully saturated rings. The Bertz CT molecular complexity index is 59.1. The van der Waals surface area contributed by atoms with Crippen LogP contribution in [0.5, 0.6) is 0 Å². The van der Waals surface area contributed by atoms with Crippen LogP contribution in [0.4, 0.5) is 0 Å². The summed E-state index contributed by atoms with van der Waals surface area (Å²) in [7, 11) is 2.68. The molecule has 42 valence electrons. The molecular weight excluding hydrogens is 107 g/mol. The highest BCUT2D eigenvalue weighted by molar-refractivity contribution is 7.16. The average molecular weight is 118 g/mol. The van der Waals surface area contributed by atoms with E-state index in [-0.39, 0.29) is 0 Å². The van der Waals surface area contributed by atoms with Crippen molar-refractivity contribution in [1.82, 2.24) is 0 Å². The maximum Gasteiger partial charge on any atom is 0.0637 e. The predicted molar refractivity (Wildman–Crippen MR) is 33.5 cm³/mol. The van der Waals surface area contributed by atoms with Crippen molar-refractivity contribution in [3.63, 3.8) is 0 Å². The molecule has 3 unspecified atom stereocenters. The van der Waals surface area contributed by atoms with Gasteiger partial charge in [0.1, 0.15) is 0 Å². The van der Waals surface area contributed by atoms with Crippen molar-refractivity contribution in [3.8, 4) is 0 Å². The highest BCUT2D eigenvalue weighted by Crippen LogP contribution is 2.20. The first-order valence-corrected chi connectivity index (χ1v) is 3.50. The van der Waals surface area contributed by atoms with E-state index in [1.54, 1.807) is 0 Å². The first-order valence-electron chi connectivity index (χ1n) is 2.68. The zero-order valence-corrected chi connectivity index (χ0v) is 5.71. The van der Waals surface area contributed by atoms with Gasteiger partial charge in [-0.05, 0) is 19.5 Å². The van der Waals surface area contributed by atoms with Gasteiger partial charge in [-0.25, -0.2) is 0 Å². The summed E-state index contributed by atoms with van der Waals surface area (Å²) in [6.07, 6.45) is 3.44. The average Bonchev–Trinajstić information content (AvgIpc) is 1.58. The molecule has 1 saturated heterocycles. The van der Waals surface area contributed by atoms with Crippen LogP contribution in [0.1, 0.15) is 13.3 Å². The van der Waals surface area contributed by atoms with Crippen molar-refractivity contribution in [2.75, 3.05) is 6.16 Å². The molecular formula is C5H11OP. The van der Waals surface area contributed by atoms with Gasteiger partial charge in [0.2, 0.25) is 0 Å². The van der Waals surface area contributed by atoms with Crippen molar-refractivity contribution >= 4 is 9.24 Å². The van der Waals surface area contributed by atoms with E-state index in [0.29, 0.717) is 12.2 Å². The lowest BCUT2D eigenvalue weighted by Gasteiger charge is -2.32. The van der Waals surface area contributed by atoms with Crippen LogP contribution < -0.4 is 0 Å². The zero-order chi connectivity index (χ0) is 5.28. The zero-order valence-electron chi connectivity index (χ0n) is 4.55. The van der Waals surface area contributed by atoms with Crippen LogP contribution in [0.15, 0.2) is 0 Å². The quantitative estimate of drug-likeness (QED) is 0.467. The lowest BCUT2D eigenvalue weighted by molar-refractivity contribution is -0.0994. The number of rotatable bonds is 1. The molecule has 0 bridgehead atoms. The smallest absolute Gasteiger partial charge is 0.0637 e. The van der Waals surface area contributed by atoms with E-state index < -0.39 is 0 Å². The van der Waals surface area contributed by atoms with Crippen molar-refractivity contribution in [1.29, 1.82) is 0 Å². The fourth-order valence-electron chi connectivity index (χ4n) is 0.839. The van der Waals surface area contributed by atoms with Gasteiger partial charge in [0.25, 0.3) is 0 Å². The first kappa shape index (κ1) is 5.53. The molecule has 1 heterocycles. The third kappa shape index (κ3) is 1.14. The monoisotopic (exact) mass is 118 g/mol. The van der Waals surface area contributed by atoms with Crippen LogP contribution in [-0.4, -0.2) is 18.4 Å². The first-order chi connectivity index (χ1) is 3.33. The Morgan fingerprint density at radius 1 is 1.86 bits per heavy atom. The van der Waals surface area contributed by atoms with E-state index in [9.17, 15) is 0 Å². The summed E-state index contributed by atoms with van der Waals surface area (Å²) >= 11 is 0. The van der Waals surface area contributed by atoms with Crippen LogP contribution >= 0.6 is 9.24 Å². The maximum atomic E-state index is 5.27. The molecule has 1 aliphatic rings. The molecule has 7 heavy (non-hydrogen) atoms. The predicted octanol–water partition coefficient (Wildman–Crippen LogP) is 1.04. The minimum Gasteiger partial charge on any atom is -0.375 e. The van der Waals surface area contributed by atoms with E-state index in [0.717, 1.165) is 6.16 Å². The molecule has 0 N–H and O–H groups in total. The molecule has 0 amide bonds. The Labute approximate surface area is 46.6 Å². The van der Waals surface area contributed by atoms with E-state index in [1.165, 1.54) is 6.42 Å². The summed E-state index contributed by atoms with van der Waals surface area (Å²) < 4.78 is 5.27. The molecule has 0 aromatic carbocycles. The van der Waals surface area contributed by atoms with Gasteiger partial charge in [0, 0.05) is 0 Å². The van der Waals surface area contributed by atoms with Crippen LogP contribution in [0.2, 0.25) is 0 Å². The Balaban J connectivity index is 2.06. The summed E-state index contributed by atoms with van der Waals surface area (Å²) in [5.74, 6) is 0. The van der Waals surface area contributed by atoms with Crippen LogP contribution in [0.25, 0.3) is 0 Å². The molecule has 1 rings (SSSR count). The van der Waals surface area contributed by atoms with E-state index in [4.69, 9.17) is 4.74 Å². The molecule has 1 nitrogen and oxygen atoms in total. The second-order valence-electron chi connectivity index (χ2n) is 2.04. The van der Waals surface area contributed by atoms with Gasteiger partial charge in [0.05, 0.1) is 12.2 Å². The highest BCUT2D eigenvalue weighted by Gasteiger charge is 2.23. The third-order valence-corrected chi connectivity index (χ3v) is 1.81. The maximum absolute atomic E-state index is 5.27. The molecule has 1 aliphatic heterocycles. The molecule has 0 saturated carbocycles. The van der Waals surface area contributed by atoms with Gasteiger partial charge in [0.15, 0.2) is 0 Å². The lowest BCUT2D eigenvalue weighted by Crippen LogP contribution is -2.35. The SMILES string of the molecule is CC1CC(CP)O1. The van der Waals surface area contributed by atoms with E-state index in [1.807, 2.05) is 0 Å². The minimum absolute atomic E-state index is 0.533. The highest BCUT2D eigenvalue weighted by atomic mass is 31.0. The van der Waals surface area contributed by atoms with Gasteiger partial charge >= 0.3 is 0 Å². The second kappa shape index (κ2) is 2.11. The standard InChI is InChI=1S/C5H11OP/c1-4-2-5(3-7)6-4/h4-5H,2-3,7H2,1H3.